The number of halogens is 1. The van der Waals surface area contributed by atoms with E-state index in [0.29, 0.717) is 13.2 Å². The molecule has 136 valence electrons. The summed E-state index contributed by atoms with van der Waals surface area (Å²) in [5.74, 6) is 1.63. The van der Waals surface area contributed by atoms with Crippen LogP contribution in [0, 0.1) is 0 Å². The van der Waals surface area contributed by atoms with E-state index in [1.165, 1.54) is 0 Å². The van der Waals surface area contributed by atoms with Gasteiger partial charge >= 0.3 is 0 Å². The lowest BCUT2D eigenvalue weighted by Crippen LogP contribution is -2.45. The average Bonchev–Trinajstić information content (AvgIpc) is 2.63. The fourth-order valence-electron chi connectivity index (χ4n) is 2.78. The molecule has 0 N–H and O–H groups in total. The summed E-state index contributed by atoms with van der Waals surface area (Å²) in [6.45, 7) is 6.71. The topological polar surface area (TPSA) is 24.9 Å². The Hall–Kier alpha value is -1.75. The number of para-hydroxylation sites is 2. The summed E-state index contributed by atoms with van der Waals surface area (Å²) in [5, 5.41) is 0. The van der Waals surface area contributed by atoms with Crippen LogP contribution < -0.4 is 9.47 Å². The van der Waals surface area contributed by atoms with Crippen molar-refractivity contribution in [3.05, 3.63) is 60.2 Å². The van der Waals surface area contributed by atoms with Crippen LogP contribution in [0.3, 0.4) is 0 Å². The SMILES string of the molecule is CN1CCN(CCOc2ccccc2OCc2ccccc2)CC1.Cl. The second-order valence-corrected chi connectivity index (χ2v) is 6.21. The molecule has 0 bridgehead atoms. The minimum absolute atomic E-state index is 0. The molecule has 0 radical (unpaired) electrons. The molecule has 5 heteroatoms. The first-order valence-corrected chi connectivity index (χ1v) is 8.61. The van der Waals surface area contributed by atoms with E-state index in [2.05, 4.69) is 29.0 Å². The van der Waals surface area contributed by atoms with Gasteiger partial charge in [-0.2, -0.15) is 0 Å². The average molecular weight is 363 g/mol. The first-order chi connectivity index (χ1) is 11.8. The van der Waals surface area contributed by atoms with Crippen molar-refractivity contribution >= 4 is 12.4 Å². The van der Waals surface area contributed by atoms with Crippen LogP contribution in [0.15, 0.2) is 54.6 Å². The zero-order valence-electron chi connectivity index (χ0n) is 14.8. The smallest absolute Gasteiger partial charge is 0.161 e. The predicted molar refractivity (Wildman–Crippen MR) is 104 cm³/mol. The standard InChI is InChI=1S/C20H26N2O2.ClH/c1-21-11-13-22(14-12-21)15-16-23-19-9-5-6-10-20(19)24-17-18-7-3-2-4-8-18;/h2-10H,11-17H2,1H3;1H. The lowest BCUT2D eigenvalue weighted by atomic mass is 10.2. The minimum atomic E-state index is 0. The van der Waals surface area contributed by atoms with Gasteiger partial charge in [0.25, 0.3) is 0 Å². The molecule has 4 nitrogen and oxygen atoms in total. The molecule has 1 fully saturated rings. The zero-order chi connectivity index (χ0) is 16.6. The van der Waals surface area contributed by atoms with E-state index in [4.69, 9.17) is 9.47 Å². The van der Waals surface area contributed by atoms with Gasteiger partial charge in [-0.05, 0) is 24.7 Å². The Morgan fingerprint density at radius 3 is 2.08 bits per heavy atom. The third kappa shape index (κ3) is 6.24. The zero-order valence-corrected chi connectivity index (χ0v) is 15.6. The Morgan fingerprint density at radius 2 is 1.40 bits per heavy atom. The molecule has 0 atom stereocenters. The van der Waals surface area contributed by atoms with Gasteiger partial charge in [0.15, 0.2) is 11.5 Å². The molecular formula is C20H27ClN2O2. The van der Waals surface area contributed by atoms with Crippen LogP contribution in [0.5, 0.6) is 11.5 Å². The molecule has 0 aromatic heterocycles. The van der Waals surface area contributed by atoms with Crippen molar-refractivity contribution in [1.29, 1.82) is 0 Å². The highest BCUT2D eigenvalue weighted by atomic mass is 35.5. The molecule has 2 aromatic rings. The molecule has 1 aliphatic heterocycles. The molecule has 0 spiro atoms. The van der Waals surface area contributed by atoms with Crippen LogP contribution in [0.25, 0.3) is 0 Å². The number of rotatable bonds is 7. The van der Waals surface area contributed by atoms with Crippen molar-refractivity contribution in [3.8, 4) is 11.5 Å². The van der Waals surface area contributed by atoms with E-state index in [1.54, 1.807) is 0 Å². The number of likely N-dealkylation sites (N-methyl/N-ethyl adjacent to an activating group) is 1. The molecule has 1 aliphatic rings. The Balaban J connectivity index is 0.00000225. The Morgan fingerprint density at radius 1 is 0.800 bits per heavy atom. The molecule has 0 unspecified atom stereocenters. The first kappa shape index (κ1) is 19.6. The van der Waals surface area contributed by atoms with Crippen LogP contribution >= 0.6 is 12.4 Å². The number of benzene rings is 2. The number of nitrogens with zero attached hydrogens (tertiary/aromatic N) is 2. The lowest BCUT2D eigenvalue weighted by Gasteiger charge is -2.32. The van der Waals surface area contributed by atoms with Crippen LogP contribution in [0.2, 0.25) is 0 Å². The van der Waals surface area contributed by atoms with Crippen molar-refractivity contribution in [2.24, 2.45) is 0 Å². The number of hydrogen-bond donors (Lipinski definition) is 0. The fraction of sp³-hybridized carbons (Fsp3) is 0.400. The largest absolute Gasteiger partial charge is 0.488 e. The van der Waals surface area contributed by atoms with E-state index in [-0.39, 0.29) is 12.4 Å². The molecule has 0 saturated carbocycles. The fourth-order valence-corrected chi connectivity index (χ4v) is 2.78. The third-order valence-electron chi connectivity index (χ3n) is 4.35. The number of ether oxygens (including phenoxy) is 2. The second kappa shape index (κ2) is 10.3. The molecule has 25 heavy (non-hydrogen) atoms. The maximum Gasteiger partial charge on any atom is 0.161 e. The molecule has 3 rings (SSSR count). The van der Waals surface area contributed by atoms with Gasteiger partial charge in [0.05, 0.1) is 0 Å². The van der Waals surface area contributed by atoms with Gasteiger partial charge in [-0.1, -0.05) is 42.5 Å². The monoisotopic (exact) mass is 362 g/mol. The van der Waals surface area contributed by atoms with E-state index in [9.17, 15) is 0 Å². The molecule has 0 amide bonds. The lowest BCUT2D eigenvalue weighted by molar-refractivity contribution is 0.132. The summed E-state index contributed by atoms with van der Waals surface area (Å²) in [6.07, 6.45) is 0. The number of piperazine rings is 1. The summed E-state index contributed by atoms with van der Waals surface area (Å²) in [7, 11) is 2.17. The van der Waals surface area contributed by atoms with Gasteiger partial charge < -0.3 is 14.4 Å². The van der Waals surface area contributed by atoms with Crippen LogP contribution in [0.1, 0.15) is 5.56 Å². The van der Waals surface area contributed by atoms with Crippen molar-refractivity contribution in [3.63, 3.8) is 0 Å². The van der Waals surface area contributed by atoms with E-state index >= 15 is 0 Å². The summed E-state index contributed by atoms with van der Waals surface area (Å²) in [4.78, 5) is 4.82. The Bertz CT molecular complexity index is 616. The maximum atomic E-state index is 5.97. The summed E-state index contributed by atoms with van der Waals surface area (Å²) in [5.41, 5.74) is 1.16. The third-order valence-corrected chi connectivity index (χ3v) is 4.35. The van der Waals surface area contributed by atoms with Gasteiger partial charge in [-0.25, -0.2) is 0 Å². The Kier molecular flexibility index (Phi) is 8.06. The van der Waals surface area contributed by atoms with Crippen LogP contribution in [0.4, 0.5) is 0 Å². The molecule has 2 aromatic carbocycles. The summed E-state index contributed by atoms with van der Waals surface area (Å²) in [6, 6.07) is 18.1. The molecule has 1 heterocycles. The van der Waals surface area contributed by atoms with Gasteiger partial charge in [-0.15, -0.1) is 12.4 Å². The van der Waals surface area contributed by atoms with Crippen molar-refractivity contribution in [2.45, 2.75) is 6.61 Å². The highest BCUT2D eigenvalue weighted by Gasteiger charge is 2.13. The van der Waals surface area contributed by atoms with Gasteiger partial charge in [0.1, 0.15) is 13.2 Å². The van der Waals surface area contributed by atoms with E-state index in [1.807, 2.05) is 42.5 Å². The van der Waals surface area contributed by atoms with Gasteiger partial charge in [0.2, 0.25) is 0 Å². The van der Waals surface area contributed by atoms with Crippen molar-refractivity contribution < 1.29 is 9.47 Å². The second-order valence-electron chi connectivity index (χ2n) is 6.21. The molecule has 0 aliphatic carbocycles. The Labute approximate surface area is 156 Å². The van der Waals surface area contributed by atoms with Crippen molar-refractivity contribution in [1.82, 2.24) is 9.80 Å². The highest BCUT2D eigenvalue weighted by molar-refractivity contribution is 5.85. The van der Waals surface area contributed by atoms with Gasteiger partial charge in [-0.3, -0.25) is 4.90 Å². The highest BCUT2D eigenvalue weighted by Crippen LogP contribution is 2.27. The first-order valence-electron chi connectivity index (χ1n) is 8.61. The minimum Gasteiger partial charge on any atom is -0.488 e. The van der Waals surface area contributed by atoms with E-state index < -0.39 is 0 Å². The summed E-state index contributed by atoms with van der Waals surface area (Å²) >= 11 is 0. The predicted octanol–water partition coefficient (Wildman–Crippen LogP) is 3.31. The van der Waals surface area contributed by atoms with Crippen LogP contribution in [-0.2, 0) is 6.61 Å². The number of hydrogen-bond acceptors (Lipinski definition) is 4. The quantitative estimate of drug-likeness (QED) is 0.754. The van der Waals surface area contributed by atoms with Gasteiger partial charge in [0, 0.05) is 32.7 Å². The van der Waals surface area contributed by atoms with Crippen molar-refractivity contribution in [2.75, 3.05) is 46.4 Å². The normalized spacial score (nSPS) is 15.4. The van der Waals surface area contributed by atoms with Crippen LogP contribution in [-0.4, -0.2) is 56.2 Å². The van der Waals surface area contributed by atoms with E-state index in [0.717, 1.165) is 49.8 Å². The maximum absolute atomic E-state index is 5.97. The summed E-state index contributed by atoms with van der Waals surface area (Å²) < 4.78 is 11.9. The molecular weight excluding hydrogens is 336 g/mol. The molecule has 1 saturated heterocycles.